The van der Waals surface area contributed by atoms with E-state index in [1.165, 1.54) is 34.6 Å². The zero-order valence-corrected chi connectivity index (χ0v) is 12.8. The predicted octanol–water partition coefficient (Wildman–Crippen LogP) is 2.67. The molecule has 1 aliphatic rings. The highest BCUT2D eigenvalue weighted by Gasteiger charge is 2.15. The Bertz CT molecular complexity index is 626. The van der Waals surface area contributed by atoms with Crippen molar-refractivity contribution >= 4 is 17.2 Å². The van der Waals surface area contributed by atoms with Gasteiger partial charge in [-0.1, -0.05) is 18.2 Å². The summed E-state index contributed by atoms with van der Waals surface area (Å²) in [5.41, 5.74) is 8.85. The molecule has 3 nitrogen and oxygen atoms in total. The van der Waals surface area contributed by atoms with E-state index in [1.54, 1.807) is 0 Å². The van der Waals surface area contributed by atoms with E-state index in [4.69, 9.17) is 5.73 Å². The summed E-state index contributed by atoms with van der Waals surface area (Å²) in [5.74, 6) is -0.00684. The highest BCUT2D eigenvalue weighted by Crippen LogP contribution is 2.30. The lowest BCUT2D eigenvalue weighted by molar-refractivity contribution is 0.0950. The van der Waals surface area contributed by atoms with Gasteiger partial charge in [-0.2, -0.15) is 0 Å². The standard InChI is InChI=1S/C17H20N2OS/c18-9-8-12-4-1-2-6-15(12)17(20)19-11-14-10-13-5-3-7-16(13)21-14/h1-2,4,6,10H,3,5,7-9,11,18H2,(H,19,20). The molecule has 0 aliphatic heterocycles. The Balaban J connectivity index is 1.66. The number of rotatable bonds is 5. The zero-order valence-electron chi connectivity index (χ0n) is 12.0. The number of fused-ring (bicyclic) bond motifs is 1. The minimum Gasteiger partial charge on any atom is -0.347 e. The molecule has 1 aromatic carbocycles. The SMILES string of the molecule is NCCc1ccccc1C(=O)NCc1cc2c(s1)CCC2. The molecule has 0 spiro atoms. The Morgan fingerprint density at radius 3 is 2.95 bits per heavy atom. The third-order valence-electron chi connectivity index (χ3n) is 3.90. The van der Waals surface area contributed by atoms with E-state index in [2.05, 4.69) is 11.4 Å². The van der Waals surface area contributed by atoms with E-state index in [-0.39, 0.29) is 5.91 Å². The van der Waals surface area contributed by atoms with Gasteiger partial charge in [-0.15, -0.1) is 11.3 Å². The Morgan fingerprint density at radius 2 is 2.14 bits per heavy atom. The van der Waals surface area contributed by atoms with Crippen molar-refractivity contribution in [3.05, 3.63) is 56.8 Å². The van der Waals surface area contributed by atoms with E-state index < -0.39 is 0 Å². The molecule has 1 heterocycles. The lowest BCUT2D eigenvalue weighted by Gasteiger charge is -2.08. The van der Waals surface area contributed by atoms with E-state index in [1.807, 2.05) is 35.6 Å². The predicted molar refractivity (Wildman–Crippen MR) is 86.7 cm³/mol. The number of aryl methyl sites for hydroxylation is 2. The number of hydrogen-bond acceptors (Lipinski definition) is 3. The van der Waals surface area contributed by atoms with Crippen molar-refractivity contribution in [3.63, 3.8) is 0 Å². The second kappa shape index (κ2) is 6.41. The molecular formula is C17H20N2OS. The van der Waals surface area contributed by atoms with Gasteiger partial charge in [0.25, 0.3) is 5.91 Å². The maximum absolute atomic E-state index is 12.3. The van der Waals surface area contributed by atoms with Gasteiger partial charge in [-0.3, -0.25) is 4.79 Å². The Labute approximate surface area is 129 Å². The van der Waals surface area contributed by atoms with E-state index in [9.17, 15) is 4.79 Å². The Hall–Kier alpha value is -1.65. The molecule has 21 heavy (non-hydrogen) atoms. The van der Waals surface area contributed by atoms with Crippen LogP contribution in [0, 0.1) is 0 Å². The maximum atomic E-state index is 12.3. The van der Waals surface area contributed by atoms with Crippen LogP contribution in [0.4, 0.5) is 0 Å². The molecule has 0 radical (unpaired) electrons. The summed E-state index contributed by atoms with van der Waals surface area (Å²) in [6.45, 7) is 1.18. The lowest BCUT2D eigenvalue weighted by Crippen LogP contribution is -2.24. The van der Waals surface area contributed by atoms with Crippen LogP contribution in [-0.2, 0) is 25.8 Å². The first-order chi connectivity index (χ1) is 10.3. The molecule has 110 valence electrons. The minimum atomic E-state index is -0.00684. The van der Waals surface area contributed by atoms with Gasteiger partial charge in [0.1, 0.15) is 0 Å². The molecule has 1 amide bonds. The van der Waals surface area contributed by atoms with Crippen molar-refractivity contribution in [1.82, 2.24) is 5.32 Å². The van der Waals surface area contributed by atoms with Crippen LogP contribution < -0.4 is 11.1 Å². The van der Waals surface area contributed by atoms with Gasteiger partial charge >= 0.3 is 0 Å². The largest absolute Gasteiger partial charge is 0.347 e. The maximum Gasteiger partial charge on any atom is 0.251 e. The number of benzene rings is 1. The van der Waals surface area contributed by atoms with Gasteiger partial charge in [-0.25, -0.2) is 0 Å². The molecule has 1 aliphatic carbocycles. The summed E-state index contributed by atoms with van der Waals surface area (Å²) in [6.07, 6.45) is 4.41. The average Bonchev–Trinajstić information content (AvgIpc) is 3.07. The topological polar surface area (TPSA) is 55.1 Å². The highest BCUT2D eigenvalue weighted by atomic mass is 32.1. The molecular weight excluding hydrogens is 280 g/mol. The van der Waals surface area contributed by atoms with Gasteiger partial charge in [0.05, 0.1) is 6.54 Å². The number of carbonyl (C=O) groups is 1. The van der Waals surface area contributed by atoms with Crippen molar-refractivity contribution in [3.8, 4) is 0 Å². The minimum absolute atomic E-state index is 0.00684. The highest BCUT2D eigenvalue weighted by molar-refractivity contribution is 7.12. The zero-order chi connectivity index (χ0) is 14.7. The van der Waals surface area contributed by atoms with Crippen LogP contribution in [0.5, 0.6) is 0 Å². The summed E-state index contributed by atoms with van der Waals surface area (Å²) >= 11 is 1.84. The molecule has 0 unspecified atom stereocenters. The van der Waals surface area contributed by atoms with Crippen LogP contribution in [0.3, 0.4) is 0 Å². The van der Waals surface area contributed by atoms with Crippen molar-refractivity contribution in [2.24, 2.45) is 5.73 Å². The smallest absolute Gasteiger partial charge is 0.251 e. The van der Waals surface area contributed by atoms with Crippen molar-refractivity contribution in [2.75, 3.05) is 6.54 Å². The fourth-order valence-corrected chi connectivity index (χ4v) is 4.06. The fourth-order valence-electron chi connectivity index (χ4n) is 2.86. The molecule has 0 fully saturated rings. The second-order valence-electron chi connectivity index (χ2n) is 5.39. The number of nitrogens with two attached hydrogens (primary N) is 1. The second-order valence-corrected chi connectivity index (χ2v) is 6.61. The molecule has 0 saturated heterocycles. The summed E-state index contributed by atoms with van der Waals surface area (Å²) < 4.78 is 0. The van der Waals surface area contributed by atoms with Crippen LogP contribution in [-0.4, -0.2) is 12.5 Å². The number of thiophene rings is 1. The number of nitrogens with one attached hydrogen (secondary N) is 1. The van der Waals surface area contributed by atoms with Crippen LogP contribution in [0.25, 0.3) is 0 Å². The van der Waals surface area contributed by atoms with Crippen LogP contribution in [0.15, 0.2) is 30.3 Å². The summed E-state index contributed by atoms with van der Waals surface area (Å²) in [4.78, 5) is 15.1. The molecule has 3 N–H and O–H groups in total. The average molecular weight is 300 g/mol. The van der Waals surface area contributed by atoms with Crippen LogP contribution in [0.1, 0.15) is 37.7 Å². The fraction of sp³-hybridized carbons (Fsp3) is 0.353. The molecule has 3 rings (SSSR count). The molecule has 4 heteroatoms. The van der Waals surface area contributed by atoms with Gasteiger partial charge in [0.2, 0.25) is 0 Å². The summed E-state index contributed by atoms with van der Waals surface area (Å²) in [5, 5.41) is 3.03. The Kier molecular flexibility index (Phi) is 4.36. The summed E-state index contributed by atoms with van der Waals surface area (Å²) in [7, 11) is 0. The monoisotopic (exact) mass is 300 g/mol. The van der Waals surface area contributed by atoms with E-state index in [0.717, 1.165) is 17.5 Å². The van der Waals surface area contributed by atoms with E-state index >= 15 is 0 Å². The lowest BCUT2D eigenvalue weighted by atomic mass is 10.0. The third-order valence-corrected chi connectivity index (χ3v) is 5.13. The summed E-state index contributed by atoms with van der Waals surface area (Å²) in [6, 6.07) is 9.94. The Morgan fingerprint density at radius 1 is 1.29 bits per heavy atom. The number of amides is 1. The van der Waals surface area contributed by atoms with E-state index in [0.29, 0.717) is 13.1 Å². The molecule has 0 atom stereocenters. The quantitative estimate of drug-likeness (QED) is 0.892. The normalized spacial score (nSPS) is 13.2. The number of carbonyl (C=O) groups excluding carboxylic acids is 1. The molecule has 0 saturated carbocycles. The van der Waals surface area contributed by atoms with Crippen LogP contribution >= 0.6 is 11.3 Å². The van der Waals surface area contributed by atoms with Gasteiger partial charge in [0, 0.05) is 15.3 Å². The first kappa shape index (κ1) is 14.3. The molecule has 2 aromatic rings. The molecule has 0 bridgehead atoms. The van der Waals surface area contributed by atoms with Crippen LogP contribution in [0.2, 0.25) is 0 Å². The first-order valence-corrected chi connectivity index (χ1v) is 8.26. The molecule has 1 aromatic heterocycles. The van der Waals surface area contributed by atoms with Gasteiger partial charge in [-0.05, 0) is 55.5 Å². The van der Waals surface area contributed by atoms with Crippen molar-refractivity contribution in [1.29, 1.82) is 0 Å². The first-order valence-electron chi connectivity index (χ1n) is 7.44. The third kappa shape index (κ3) is 3.17. The van der Waals surface area contributed by atoms with Gasteiger partial charge < -0.3 is 11.1 Å². The van der Waals surface area contributed by atoms with Gasteiger partial charge in [0.15, 0.2) is 0 Å². The van der Waals surface area contributed by atoms with Crippen molar-refractivity contribution < 1.29 is 4.79 Å². The van der Waals surface area contributed by atoms with Crippen molar-refractivity contribution in [2.45, 2.75) is 32.2 Å². The number of hydrogen-bond donors (Lipinski definition) is 2.